The van der Waals surface area contributed by atoms with E-state index in [1.54, 1.807) is 13.4 Å². The van der Waals surface area contributed by atoms with Crippen molar-refractivity contribution in [2.75, 3.05) is 7.11 Å². The van der Waals surface area contributed by atoms with Crippen molar-refractivity contribution < 1.29 is 4.74 Å². The SMILES string of the molecule is COc1ccc(C)cc1N=C(C)c1c[nH]cn1. The molecule has 0 saturated carbocycles. The van der Waals surface area contributed by atoms with E-state index >= 15 is 0 Å². The van der Waals surface area contributed by atoms with Crippen LogP contribution in [0.1, 0.15) is 18.2 Å². The number of nitrogens with zero attached hydrogens (tertiary/aromatic N) is 2. The van der Waals surface area contributed by atoms with Crippen molar-refractivity contribution in [3.05, 3.63) is 42.0 Å². The number of aromatic nitrogens is 2. The predicted molar refractivity (Wildman–Crippen MR) is 68.2 cm³/mol. The largest absolute Gasteiger partial charge is 0.494 e. The molecule has 0 saturated heterocycles. The lowest BCUT2D eigenvalue weighted by Crippen LogP contribution is -1.94. The van der Waals surface area contributed by atoms with Crippen molar-refractivity contribution in [2.45, 2.75) is 13.8 Å². The zero-order chi connectivity index (χ0) is 12.3. The average Bonchev–Trinajstić information content (AvgIpc) is 2.83. The molecule has 0 radical (unpaired) electrons. The smallest absolute Gasteiger partial charge is 0.144 e. The van der Waals surface area contributed by atoms with Crippen LogP contribution in [0.4, 0.5) is 5.69 Å². The van der Waals surface area contributed by atoms with Crippen LogP contribution < -0.4 is 4.74 Å². The zero-order valence-electron chi connectivity index (χ0n) is 10.2. The minimum Gasteiger partial charge on any atom is -0.494 e. The Hall–Kier alpha value is -2.10. The molecule has 0 spiro atoms. The molecule has 4 heteroatoms. The standard InChI is InChI=1S/C13H15N3O/c1-9-4-5-13(17-3)11(6-9)16-10(2)12-7-14-8-15-12/h4-8H,1-3H3,(H,14,15). The quantitative estimate of drug-likeness (QED) is 0.823. The third-order valence-corrected chi connectivity index (χ3v) is 2.49. The number of methoxy groups -OCH3 is 1. The van der Waals surface area contributed by atoms with E-state index in [9.17, 15) is 0 Å². The molecule has 4 nitrogen and oxygen atoms in total. The second-order valence-corrected chi connectivity index (χ2v) is 3.83. The molecule has 2 aromatic rings. The van der Waals surface area contributed by atoms with E-state index in [0.717, 1.165) is 28.4 Å². The van der Waals surface area contributed by atoms with Gasteiger partial charge in [0.05, 0.1) is 19.1 Å². The summed E-state index contributed by atoms with van der Waals surface area (Å²) in [5.41, 5.74) is 3.68. The maximum Gasteiger partial charge on any atom is 0.144 e. The Bertz CT molecular complexity index is 530. The molecule has 0 atom stereocenters. The summed E-state index contributed by atoms with van der Waals surface area (Å²) in [5, 5.41) is 0. The monoisotopic (exact) mass is 229 g/mol. The molecule has 1 heterocycles. The molecule has 0 unspecified atom stereocenters. The van der Waals surface area contributed by atoms with Gasteiger partial charge in [-0.2, -0.15) is 0 Å². The number of aromatic amines is 1. The first kappa shape index (κ1) is 11.4. The maximum absolute atomic E-state index is 5.28. The minimum absolute atomic E-state index is 0.769. The lowest BCUT2D eigenvalue weighted by molar-refractivity contribution is 0.416. The zero-order valence-corrected chi connectivity index (χ0v) is 10.2. The third kappa shape index (κ3) is 2.53. The summed E-state index contributed by atoms with van der Waals surface area (Å²) >= 11 is 0. The number of aryl methyl sites for hydroxylation is 1. The van der Waals surface area contributed by atoms with Gasteiger partial charge < -0.3 is 9.72 Å². The van der Waals surface area contributed by atoms with Crippen molar-refractivity contribution in [1.29, 1.82) is 0 Å². The summed E-state index contributed by atoms with van der Waals surface area (Å²) in [4.78, 5) is 11.6. The Kier molecular flexibility index (Phi) is 3.23. The topological polar surface area (TPSA) is 50.3 Å². The minimum atomic E-state index is 0.769. The number of nitrogens with one attached hydrogen (secondary N) is 1. The van der Waals surface area contributed by atoms with Crippen LogP contribution in [0.15, 0.2) is 35.7 Å². The van der Waals surface area contributed by atoms with Crippen LogP contribution in [-0.2, 0) is 0 Å². The molecule has 0 amide bonds. The van der Waals surface area contributed by atoms with E-state index in [1.807, 2.05) is 38.2 Å². The summed E-state index contributed by atoms with van der Waals surface area (Å²) in [6.45, 7) is 3.96. The van der Waals surface area contributed by atoms with E-state index in [1.165, 1.54) is 0 Å². The van der Waals surface area contributed by atoms with E-state index in [4.69, 9.17) is 4.74 Å². The highest BCUT2D eigenvalue weighted by Gasteiger charge is 2.04. The van der Waals surface area contributed by atoms with Crippen LogP contribution in [0.25, 0.3) is 0 Å². The highest BCUT2D eigenvalue weighted by molar-refractivity contribution is 5.98. The van der Waals surface area contributed by atoms with Gasteiger partial charge >= 0.3 is 0 Å². The summed E-state index contributed by atoms with van der Waals surface area (Å²) in [6, 6.07) is 5.92. The summed E-state index contributed by atoms with van der Waals surface area (Å²) in [5.74, 6) is 0.769. The van der Waals surface area contributed by atoms with E-state index in [-0.39, 0.29) is 0 Å². The Morgan fingerprint density at radius 1 is 1.41 bits per heavy atom. The molecule has 0 aliphatic heterocycles. The number of hydrogen-bond donors (Lipinski definition) is 1. The van der Waals surface area contributed by atoms with Crippen LogP contribution in [-0.4, -0.2) is 22.8 Å². The van der Waals surface area contributed by atoms with Crippen LogP contribution in [0.5, 0.6) is 5.75 Å². The third-order valence-electron chi connectivity index (χ3n) is 2.49. The lowest BCUT2D eigenvalue weighted by Gasteiger charge is -2.06. The number of H-pyrrole nitrogens is 1. The van der Waals surface area contributed by atoms with Gasteiger partial charge in [0.15, 0.2) is 0 Å². The van der Waals surface area contributed by atoms with Gasteiger partial charge in [-0.1, -0.05) is 6.07 Å². The number of rotatable bonds is 3. The van der Waals surface area contributed by atoms with Crippen molar-refractivity contribution in [3.8, 4) is 5.75 Å². The van der Waals surface area contributed by atoms with E-state index in [2.05, 4.69) is 15.0 Å². The molecule has 1 aromatic carbocycles. The molecule has 1 aromatic heterocycles. The van der Waals surface area contributed by atoms with Crippen molar-refractivity contribution in [1.82, 2.24) is 9.97 Å². The normalized spacial score (nSPS) is 11.6. The molecule has 88 valence electrons. The molecule has 0 bridgehead atoms. The van der Waals surface area contributed by atoms with Crippen molar-refractivity contribution in [2.24, 2.45) is 4.99 Å². The van der Waals surface area contributed by atoms with Gasteiger partial charge in [-0.3, -0.25) is 0 Å². The summed E-state index contributed by atoms with van der Waals surface area (Å²) < 4.78 is 5.28. The highest BCUT2D eigenvalue weighted by atomic mass is 16.5. The van der Waals surface area contributed by atoms with Crippen LogP contribution in [0.3, 0.4) is 0 Å². The van der Waals surface area contributed by atoms with Crippen molar-refractivity contribution in [3.63, 3.8) is 0 Å². The lowest BCUT2D eigenvalue weighted by atomic mass is 10.2. The fraction of sp³-hybridized carbons (Fsp3) is 0.231. The first-order valence-corrected chi connectivity index (χ1v) is 5.40. The second kappa shape index (κ2) is 4.82. The van der Waals surface area contributed by atoms with Crippen LogP contribution in [0.2, 0.25) is 0 Å². The van der Waals surface area contributed by atoms with Crippen LogP contribution >= 0.6 is 0 Å². The fourth-order valence-corrected chi connectivity index (χ4v) is 1.58. The first-order valence-electron chi connectivity index (χ1n) is 5.40. The Labute approximate surface area is 100 Å². The molecule has 2 rings (SSSR count). The highest BCUT2D eigenvalue weighted by Crippen LogP contribution is 2.28. The number of hydrogen-bond acceptors (Lipinski definition) is 3. The first-order chi connectivity index (χ1) is 8.20. The van der Waals surface area contributed by atoms with Gasteiger partial charge in [0.1, 0.15) is 17.1 Å². The van der Waals surface area contributed by atoms with Gasteiger partial charge in [-0.25, -0.2) is 9.98 Å². The number of benzene rings is 1. The molecule has 0 fully saturated rings. The van der Waals surface area contributed by atoms with Gasteiger partial charge in [0.2, 0.25) is 0 Å². The van der Waals surface area contributed by atoms with Gasteiger partial charge in [-0.15, -0.1) is 0 Å². The van der Waals surface area contributed by atoms with Crippen LogP contribution in [0, 0.1) is 6.92 Å². The Balaban J connectivity index is 2.41. The predicted octanol–water partition coefficient (Wildman–Crippen LogP) is 2.87. The summed E-state index contributed by atoms with van der Waals surface area (Å²) in [6.07, 6.45) is 3.46. The fourth-order valence-electron chi connectivity index (χ4n) is 1.58. The Morgan fingerprint density at radius 2 is 2.24 bits per heavy atom. The molecular weight excluding hydrogens is 214 g/mol. The molecule has 1 N–H and O–H groups in total. The molecular formula is C13H15N3O. The number of aliphatic imine (C=N–C) groups is 1. The maximum atomic E-state index is 5.28. The number of imidazole rings is 1. The number of ether oxygens (including phenoxy) is 1. The van der Waals surface area contributed by atoms with E-state index < -0.39 is 0 Å². The second-order valence-electron chi connectivity index (χ2n) is 3.83. The van der Waals surface area contributed by atoms with Gasteiger partial charge in [-0.05, 0) is 31.5 Å². The Morgan fingerprint density at radius 3 is 2.88 bits per heavy atom. The van der Waals surface area contributed by atoms with Crippen molar-refractivity contribution >= 4 is 11.4 Å². The van der Waals surface area contributed by atoms with E-state index in [0.29, 0.717) is 0 Å². The summed E-state index contributed by atoms with van der Waals surface area (Å²) in [7, 11) is 1.65. The molecule has 0 aliphatic rings. The van der Waals surface area contributed by atoms with Gasteiger partial charge in [0, 0.05) is 6.20 Å². The molecule has 0 aliphatic carbocycles. The van der Waals surface area contributed by atoms with Gasteiger partial charge in [0.25, 0.3) is 0 Å². The average molecular weight is 229 g/mol. The molecule has 17 heavy (non-hydrogen) atoms.